The number of nitrogens with zero attached hydrogens (tertiary/aromatic N) is 3. The second-order valence-corrected chi connectivity index (χ2v) is 10.2. The van der Waals surface area contributed by atoms with Crippen LogP contribution in [0.3, 0.4) is 0 Å². The van der Waals surface area contributed by atoms with Crippen LogP contribution in [0.2, 0.25) is 0 Å². The van der Waals surface area contributed by atoms with E-state index >= 15 is 0 Å². The van der Waals surface area contributed by atoms with Crippen LogP contribution in [0.15, 0.2) is 30.3 Å². The molecule has 2 N–H and O–H groups in total. The van der Waals surface area contributed by atoms with Gasteiger partial charge in [-0.3, -0.25) is 4.90 Å². The quantitative estimate of drug-likeness (QED) is 0.564. The van der Waals surface area contributed by atoms with Crippen molar-refractivity contribution in [2.45, 2.75) is 51.2 Å². The fraction of sp³-hybridized carbons (Fsp3) is 0.731. The minimum absolute atomic E-state index is 0.0391. The van der Waals surface area contributed by atoms with E-state index in [0.29, 0.717) is 24.5 Å². The Bertz CT molecular complexity index is 687. The fourth-order valence-corrected chi connectivity index (χ4v) is 5.06. The van der Waals surface area contributed by atoms with Gasteiger partial charge < -0.3 is 25.2 Å². The molecular formula is C26H45N5O2. The zero-order valence-electron chi connectivity index (χ0n) is 21.1. The average Bonchev–Trinajstić information content (AvgIpc) is 2.82. The van der Waals surface area contributed by atoms with Crippen molar-refractivity contribution in [2.75, 3.05) is 66.6 Å². The van der Waals surface area contributed by atoms with Gasteiger partial charge in [0.15, 0.2) is 0 Å². The van der Waals surface area contributed by atoms with Crippen molar-refractivity contribution in [1.82, 2.24) is 25.3 Å². The SMILES string of the molecule is CC(C)C[C@@H](CNC(=O)N[C@@H](CN(C)C1CCN(C)CC1)c1ccccc1)N1CCOCC1. The normalized spacial score (nSPS) is 20.7. The van der Waals surface area contributed by atoms with E-state index in [0.717, 1.165) is 57.9 Å². The van der Waals surface area contributed by atoms with Crippen molar-refractivity contribution >= 4 is 6.03 Å². The van der Waals surface area contributed by atoms with E-state index in [2.05, 4.69) is 77.5 Å². The number of hydrogen-bond donors (Lipinski definition) is 2. The zero-order chi connectivity index (χ0) is 23.6. The predicted molar refractivity (Wildman–Crippen MR) is 135 cm³/mol. The molecule has 2 aliphatic heterocycles. The monoisotopic (exact) mass is 459 g/mol. The van der Waals surface area contributed by atoms with Crippen LogP contribution in [0.5, 0.6) is 0 Å². The molecule has 2 aliphatic rings. The number of likely N-dealkylation sites (N-methyl/N-ethyl adjacent to an activating group) is 1. The molecule has 186 valence electrons. The van der Waals surface area contributed by atoms with E-state index in [4.69, 9.17) is 4.74 Å². The molecule has 2 amide bonds. The number of benzene rings is 1. The van der Waals surface area contributed by atoms with Crippen molar-refractivity contribution in [3.05, 3.63) is 35.9 Å². The Kier molecular flexibility index (Phi) is 10.4. The Labute approximate surface area is 200 Å². The molecule has 0 saturated carbocycles. The Morgan fingerprint density at radius 1 is 1.12 bits per heavy atom. The molecule has 2 saturated heterocycles. The molecule has 2 atom stereocenters. The standard InChI is InChI=1S/C26H45N5O2/c1-21(2)18-24(31-14-16-33-17-15-31)19-27-26(32)28-25(22-8-6-5-7-9-22)20-30(4)23-10-12-29(3)13-11-23/h5-9,21,23-25H,10-20H2,1-4H3,(H2,27,28,32)/t24-,25-/m0/s1. The third-order valence-electron chi connectivity index (χ3n) is 7.09. The Balaban J connectivity index is 1.58. The second kappa shape index (κ2) is 13.3. The zero-order valence-corrected chi connectivity index (χ0v) is 21.1. The Hall–Kier alpha value is -1.67. The summed E-state index contributed by atoms with van der Waals surface area (Å²) in [5.74, 6) is 0.586. The van der Waals surface area contributed by atoms with E-state index < -0.39 is 0 Å². The van der Waals surface area contributed by atoms with Gasteiger partial charge in [0.25, 0.3) is 0 Å². The van der Waals surface area contributed by atoms with Crippen LogP contribution in [0.25, 0.3) is 0 Å². The summed E-state index contributed by atoms with van der Waals surface area (Å²) in [6.07, 6.45) is 3.43. The number of carbonyl (C=O) groups is 1. The topological polar surface area (TPSA) is 60.1 Å². The highest BCUT2D eigenvalue weighted by Gasteiger charge is 2.26. The van der Waals surface area contributed by atoms with Gasteiger partial charge in [-0.2, -0.15) is 0 Å². The van der Waals surface area contributed by atoms with Gasteiger partial charge in [0.2, 0.25) is 0 Å². The van der Waals surface area contributed by atoms with Crippen LogP contribution in [0, 0.1) is 5.92 Å². The lowest BCUT2D eigenvalue weighted by molar-refractivity contribution is 0.0129. The number of hydrogen-bond acceptors (Lipinski definition) is 5. The van der Waals surface area contributed by atoms with E-state index in [1.54, 1.807) is 0 Å². The van der Waals surface area contributed by atoms with Crippen molar-refractivity contribution in [2.24, 2.45) is 5.92 Å². The summed E-state index contributed by atoms with van der Waals surface area (Å²) in [5.41, 5.74) is 1.15. The Morgan fingerprint density at radius 3 is 2.42 bits per heavy atom. The number of ether oxygens (including phenoxy) is 1. The lowest BCUT2D eigenvalue weighted by atomic mass is 10.0. The summed E-state index contributed by atoms with van der Waals surface area (Å²) in [6.45, 7) is 11.7. The van der Waals surface area contributed by atoms with Crippen molar-refractivity contribution in [3.63, 3.8) is 0 Å². The van der Waals surface area contributed by atoms with Crippen molar-refractivity contribution in [3.8, 4) is 0 Å². The van der Waals surface area contributed by atoms with Gasteiger partial charge in [0.1, 0.15) is 0 Å². The number of likely N-dealkylation sites (tertiary alicyclic amines) is 1. The van der Waals surface area contributed by atoms with Crippen LogP contribution >= 0.6 is 0 Å². The molecule has 7 heteroatoms. The van der Waals surface area contributed by atoms with Gasteiger partial charge in [-0.1, -0.05) is 44.2 Å². The molecule has 2 fully saturated rings. The van der Waals surface area contributed by atoms with Gasteiger partial charge in [-0.05, 0) is 57.9 Å². The molecule has 0 aromatic heterocycles. The number of urea groups is 1. The number of rotatable bonds is 10. The molecular weight excluding hydrogens is 414 g/mol. The summed E-state index contributed by atoms with van der Waals surface area (Å²) in [6, 6.07) is 11.1. The van der Waals surface area contributed by atoms with Crippen LogP contribution in [0.1, 0.15) is 44.7 Å². The van der Waals surface area contributed by atoms with Crippen molar-refractivity contribution in [1.29, 1.82) is 0 Å². The summed E-state index contributed by atoms with van der Waals surface area (Å²) < 4.78 is 5.53. The summed E-state index contributed by atoms with van der Waals surface area (Å²) in [7, 11) is 4.39. The maximum atomic E-state index is 13.0. The minimum atomic E-state index is -0.0809. The fourth-order valence-electron chi connectivity index (χ4n) is 5.06. The summed E-state index contributed by atoms with van der Waals surface area (Å²) in [5, 5.41) is 6.46. The van der Waals surface area contributed by atoms with Crippen LogP contribution in [-0.2, 0) is 4.74 Å². The first-order chi connectivity index (χ1) is 15.9. The lowest BCUT2D eigenvalue weighted by Crippen LogP contribution is -2.51. The first kappa shape index (κ1) is 25.9. The highest BCUT2D eigenvalue weighted by Crippen LogP contribution is 2.20. The third kappa shape index (κ3) is 8.56. The maximum Gasteiger partial charge on any atom is 0.315 e. The largest absolute Gasteiger partial charge is 0.379 e. The lowest BCUT2D eigenvalue weighted by Gasteiger charge is -2.37. The van der Waals surface area contributed by atoms with E-state index in [9.17, 15) is 4.79 Å². The highest BCUT2D eigenvalue weighted by atomic mass is 16.5. The molecule has 0 aliphatic carbocycles. The third-order valence-corrected chi connectivity index (χ3v) is 7.09. The molecule has 0 spiro atoms. The van der Waals surface area contributed by atoms with Gasteiger partial charge in [-0.25, -0.2) is 4.79 Å². The van der Waals surface area contributed by atoms with Gasteiger partial charge in [-0.15, -0.1) is 0 Å². The van der Waals surface area contributed by atoms with Crippen LogP contribution in [0.4, 0.5) is 4.79 Å². The smallest absolute Gasteiger partial charge is 0.315 e. The van der Waals surface area contributed by atoms with Crippen LogP contribution < -0.4 is 10.6 Å². The highest BCUT2D eigenvalue weighted by molar-refractivity contribution is 5.74. The summed E-state index contributed by atoms with van der Waals surface area (Å²) in [4.78, 5) is 20.3. The number of morpholine rings is 1. The molecule has 1 aromatic carbocycles. The first-order valence-corrected chi connectivity index (χ1v) is 12.7. The van der Waals surface area contributed by atoms with Crippen molar-refractivity contribution < 1.29 is 9.53 Å². The van der Waals surface area contributed by atoms with E-state index in [-0.39, 0.29) is 12.1 Å². The molecule has 2 heterocycles. The second-order valence-electron chi connectivity index (χ2n) is 10.2. The average molecular weight is 460 g/mol. The number of piperidine rings is 1. The van der Waals surface area contributed by atoms with Gasteiger partial charge in [0, 0.05) is 38.3 Å². The predicted octanol–water partition coefficient (Wildman–Crippen LogP) is 2.80. The first-order valence-electron chi connectivity index (χ1n) is 12.7. The molecule has 33 heavy (non-hydrogen) atoms. The van der Waals surface area contributed by atoms with Gasteiger partial charge >= 0.3 is 6.03 Å². The molecule has 0 bridgehead atoms. The van der Waals surface area contributed by atoms with Gasteiger partial charge in [0.05, 0.1) is 19.3 Å². The number of nitrogens with one attached hydrogen (secondary N) is 2. The maximum absolute atomic E-state index is 13.0. The Morgan fingerprint density at radius 2 is 1.79 bits per heavy atom. The van der Waals surface area contributed by atoms with E-state index in [1.165, 1.54) is 12.8 Å². The molecule has 3 rings (SSSR count). The van der Waals surface area contributed by atoms with Crippen LogP contribution in [-0.4, -0.2) is 99.4 Å². The van der Waals surface area contributed by atoms with E-state index in [1.807, 2.05) is 6.07 Å². The molecule has 7 nitrogen and oxygen atoms in total. The number of amides is 2. The number of carbonyl (C=O) groups excluding carboxylic acids is 1. The molecule has 0 radical (unpaired) electrons. The molecule has 1 aromatic rings. The summed E-state index contributed by atoms with van der Waals surface area (Å²) >= 11 is 0. The molecule has 0 unspecified atom stereocenters. The minimum Gasteiger partial charge on any atom is -0.379 e.